The highest BCUT2D eigenvalue weighted by Gasteiger charge is 2.50. The van der Waals surface area contributed by atoms with Crippen LogP contribution in [0.15, 0.2) is 30.5 Å². The molecule has 1 aliphatic carbocycles. The number of ether oxygens (including phenoxy) is 1. The van der Waals surface area contributed by atoms with Gasteiger partial charge in [0.15, 0.2) is 0 Å². The van der Waals surface area contributed by atoms with Crippen LogP contribution >= 0.6 is 0 Å². The molecule has 0 unspecified atom stereocenters. The topological polar surface area (TPSA) is 51.4 Å². The van der Waals surface area contributed by atoms with E-state index in [9.17, 15) is 0 Å². The van der Waals surface area contributed by atoms with E-state index in [1.807, 2.05) is 24.4 Å². The third-order valence-electron chi connectivity index (χ3n) is 4.63. The Morgan fingerprint density at radius 2 is 2.05 bits per heavy atom. The van der Waals surface area contributed by atoms with E-state index >= 15 is 0 Å². The molecule has 0 amide bonds. The fraction of sp³-hybridized carbons (Fsp3) is 0.438. The number of rotatable bonds is 3. The number of aromatic nitrogens is 1. The molecule has 4 rings (SSSR count). The maximum atomic E-state index is 6.44. The lowest BCUT2D eigenvalue weighted by atomic mass is 9.85. The minimum atomic E-state index is 0.0166. The molecule has 20 heavy (non-hydrogen) atoms. The van der Waals surface area contributed by atoms with Crippen LogP contribution in [0.5, 0.6) is 5.75 Å². The van der Waals surface area contributed by atoms with Crippen molar-refractivity contribution in [2.75, 3.05) is 25.1 Å². The second kappa shape index (κ2) is 4.09. The van der Waals surface area contributed by atoms with E-state index in [4.69, 9.17) is 10.5 Å². The Bertz CT molecular complexity index is 660. The second-order valence-electron chi connectivity index (χ2n) is 6.05. The maximum absolute atomic E-state index is 6.44. The Morgan fingerprint density at radius 1 is 1.25 bits per heavy atom. The van der Waals surface area contributed by atoms with Crippen molar-refractivity contribution in [2.24, 2.45) is 11.7 Å². The summed E-state index contributed by atoms with van der Waals surface area (Å²) in [6.07, 6.45) is 4.44. The van der Waals surface area contributed by atoms with Crippen LogP contribution in [0.2, 0.25) is 0 Å². The number of hydrogen-bond donors (Lipinski definition) is 1. The molecule has 1 aliphatic heterocycles. The quantitative estimate of drug-likeness (QED) is 0.928. The molecule has 0 radical (unpaired) electrons. The van der Waals surface area contributed by atoms with Gasteiger partial charge in [-0.2, -0.15) is 0 Å². The molecule has 2 aliphatic rings. The lowest BCUT2D eigenvalue weighted by Crippen LogP contribution is -2.69. The van der Waals surface area contributed by atoms with Crippen LogP contribution in [0.4, 0.5) is 5.82 Å². The normalized spacial score (nSPS) is 20.8. The molecule has 104 valence electrons. The van der Waals surface area contributed by atoms with Crippen molar-refractivity contribution in [1.29, 1.82) is 0 Å². The van der Waals surface area contributed by atoms with Crippen molar-refractivity contribution in [3.05, 3.63) is 30.5 Å². The van der Waals surface area contributed by atoms with Gasteiger partial charge in [0.2, 0.25) is 0 Å². The van der Waals surface area contributed by atoms with Gasteiger partial charge in [0, 0.05) is 30.1 Å². The molecule has 0 atom stereocenters. The second-order valence-corrected chi connectivity index (χ2v) is 6.05. The van der Waals surface area contributed by atoms with Gasteiger partial charge in [-0.25, -0.2) is 4.98 Å². The van der Waals surface area contributed by atoms with Crippen LogP contribution in [0.1, 0.15) is 12.8 Å². The molecule has 4 heteroatoms. The summed E-state index contributed by atoms with van der Waals surface area (Å²) < 4.78 is 5.43. The first-order valence-electron chi connectivity index (χ1n) is 7.17. The maximum Gasteiger partial charge on any atom is 0.136 e. The highest BCUT2D eigenvalue weighted by molar-refractivity contribution is 5.96. The van der Waals surface area contributed by atoms with Gasteiger partial charge in [-0.3, -0.25) is 0 Å². The average Bonchev–Trinajstić information content (AvgIpc) is 3.27. The summed E-state index contributed by atoms with van der Waals surface area (Å²) in [6.45, 7) is 1.84. The number of hydrogen-bond acceptors (Lipinski definition) is 4. The number of nitrogens with zero attached hydrogens (tertiary/aromatic N) is 2. The molecule has 1 saturated carbocycles. The Labute approximate surface area is 118 Å². The number of pyridine rings is 1. The molecule has 4 nitrogen and oxygen atoms in total. The van der Waals surface area contributed by atoms with Crippen LogP contribution in [-0.4, -0.2) is 30.7 Å². The number of fused-ring (bicyclic) bond motifs is 1. The fourth-order valence-corrected chi connectivity index (χ4v) is 3.32. The van der Waals surface area contributed by atoms with E-state index < -0.39 is 0 Å². The van der Waals surface area contributed by atoms with Crippen molar-refractivity contribution < 1.29 is 4.74 Å². The number of benzene rings is 1. The zero-order valence-corrected chi connectivity index (χ0v) is 11.7. The van der Waals surface area contributed by atoms with Crippen molar-refractivity contribution in [2.45, 2.75) is 18.4 Å². The molecule has 2 fully saturated rings. The third kappa shape index (κ3) is 1.68. The monoisotopic (exact) mass is 269 g/mol. The van der Waals surface area contributed by atoms with Crippen LogP contribution in [0, 0.1) is 5.92 Å². The largest absolute Gasteiger partial charge is 0.496 e. The van der Waals surface area contributed by atoms with Crippen molar-refractivity contribution in [3.8, 4) is 5.75 Å². The zero-order chi connectivity index (χ0) is 13.7. The van der Waals surface area contributed by atoms with Crippen LogP contribution in [0.25, 0.3) is 10.8 Å². The molecule has 1 aromatic heterocycles. The van der Waals surface area contributed by atoms with Gasteiger partial charge in [0.25, 0.3) is 0 Å². The molecule has 1 aromatic carbocycles. The zero-order valence-electron chi connectivity index (χ0n) is 11.7. The van der Waals surface area contributed by atoms with Gasteiger partial charge in [-0.1, -0.05) is 12.1 Å². The third-order valence-corrected chi connectivity index (χ3v) is 4.63. The Kier molecular flexibility index (Phi) is 2.45. The Hall–Kier alpha value is -1.81. The number of anilines is 1. The van der Waals surface area contributed by atoms with Crippen LogP contribution in [0.3, 0.4) is 0 Å². The summed E-state index contributed by atoms with van der Waals surface area (Å²) in [7, 11) is 1.70. The van der Waals surface area contributed by atoms with Gasteiger partial charge >= 0.3 is 0 Å². The summed E-state index contributed by atoms with van der Waals surface area (Å²) in [5.41, 5.74) is 6.46. The standard InChI is InChI=1S/C16H19N3O/c1-20-14-4-2-3-13-12(14)7-8-18-15(13)19-9-16(17,10-19)11-5-6-11/h2-4,7-8,11H,5-6,9-10,17H2,1H3. The van der Waals surface area contributed by atoms with E-state index in [0.29, 0.717) is 0 Å². The van der Waals surface area contributed by atoms with Crippen LogP contribution in [-0.2, 0) is 0 Å². The summed E-state index contributed by atoms with van der Waals surface area (Å²) >= 11 is 0. The first-order chi connectivity index (χ1) is 9.71. The minimum Gasteiger partial charge on any atom is -0.496 e. The molecular formula is C16H19N3O. The van der Waals surface area contributed by atoms with E-state index in [2.05, 4.69) is 16.0 Å². The Morgan fingerprint density at radius 3 is 2.75 bits per heavy atom. The fourth-order valence-electron chi connectivity index (χ4n) is 3.32. The van der Waals surface area contributed by atoms with Gasteiger partial charge in [0.1, 0.15) is 11.6 Å². The molecule has 2 N–H and O–H groups in total. The lowest BCUT2D eigenvalue weighted by Gasteiger charge is -2.49. The average molecular weight is 269 g/mol. The van der Waals surface area contributed by atoms with Crippen molar-refractivity contribution >= 4 is 16.6 Å². The molecule has 0 bridgehead atoms. The van der Waals surface area contributed by atoms with E-state index in [0.717, 1.165) is 41.3 Å². The predicted octanol–water partition coefficient (Wildman–Crippen LogP) is 2.17. The van der Waals surface area contributed by atoms with Crippen molar-refractivity contribution in [1.82, 2.24) is 4.98 Å². The summed E-state index contributed by atoms with van der Waals surface area (Å²) in [5, 5.41) is 2.26. The van der Waals surface area contributed by atoms with E-state index in [-0.39, 0.29) is 5.54 Å². The smallest absolute Gasteiger partial charge is 0.136 e. The first kappa shape index (κ1) is 12.0. The molecule has 1 saturated heterocycles. The predicted molar refractivity (Wildman–Crippen MR) is 80.2 cm³/mol. The SMILES string of the molecule is COc1cccc2c(N3CC(N)(C4CC4)C3)nccc12. The van der Waals surface area contributed by atoms with E-state index in [1.54, 1.807) is 7.11 Å². The van der Waals surface area contributed by atoms with Gasteiger partial charge in [-0.05, 0) is 30.9 Å². The summed E-state index contributed by atoms with van der Waals surface area (Å²) in [5.74, 6) is 2.65. The molecule has 2 aromatic rings. The molecule has 0 spiro atoms. The van der Waals surface area contributed by atoms with Gasteiger partial charge in [-0.15, -0.1) is 0 Å². The minimum absolute atomic E-state index is 0.0166. The lowest BCUT2D eigenvalue weighted by molar-refractivity contribution is 0.290. The first-order valence-corrected chi connectivity index (χ1v) is 7.17. The molecular weight excluding hydrogens is 250 g/mol. The summed E-state index contributed by atoms with van der Waals surface area (Å²) in [6, 6.07) is 8.12. The van der Waals surface area contributed by atoms with E-state index in [1.165, 1.54) is 12.8 Å². The van der Waals surface area contributed by atoms with Crippen molar-refractivity contribution in [3.63, 3.8) is 0 Å². The van der Waals surface area contributed by atoms with Gasteiger partial charge < -0.3 is 15.4 Å². The molecule has 2 heterocycles. The summed E-state index contributed by atoms with van der Waals surface area (Å²) in [4.78, 5) is 6.86. The highest BCUT2D eigenvalue weighted by atomic mass is 16.5. The number of methoxy groups -OCH3 is 1. The van der Waals surface area contributed by atoms with Crippen LogP contribution < -0.4 is 15.4 Å². The number of nitrogens with two attached hydrogens (primary N) is 1. The Balaban J connectivity index is 1.71. The highest BCUT2D eigenvalue weighted by Crippen LogP contribution is 2.45. The van der Waals surface area contributed by atoms with Gasteiger partial charge in [0.05, 0.1) is 12.6 Å².